The molecular formula is C16H19N3O2. The Morgan fingerprint density at radius 3 is 2.71 bits per heavy atom. The molecule has 0 aliphatic heterocycles. The number of carbonyl (C=O) groups excluding carboxylic acids is 1. The number of nitrogens with one attached hydrogen (secondary N) is 1. The quantitative estimate of drug-likeness (QED) is 0.813. The van der Waals surface area contributed by atoms with Gasteiger partial charge in [-0.05, 0) is 18.6 Å². The van der Waals surface area contributed by atoms with Crippen LogP contribution in [0.25, 0.3) is 0 Å². The Kier molecular flexibility index (Phi) is 5.29. The van der Waals surface area contributed by atoms with Crippen LogP contribution in [0.3, 0.4) is 0 Å². The lowest BCUT2D eigenvalue weighted by molar-refractivity contribution is -0.120. The molecule has 1 atom stereocenters. The summed E-state index contributed by atoms with van der Waals surface area (Å²) >= 11 is 0. The summed E-state index contributed by atoms with van der Waals surface area (Å²) in [5.74, 6) is 0.159. The highest BCUT2D eigenvalue weighted by molar-refractivity contribution is 5.81. The number of primary amides is 1. The highest BCUT2D eigenvalue weighted by Crippen LogP contribution is 2.17. The SMILES string of the molecule is CCOc1ncccc1CNC(C(N)=O)c1ccccc1. The van der Waals surface area contributed by atoms with E-state index >= 15 is 0 Å². The lowest BCUT2D eigenvalue weighted by Crippen LogP contribution is -2.33. The van der Waals surface area contributed by atoms with Crippen LogP contribution in [0.1, 0.15) is 24.1 Å². The summed E-state index contributed by atoms with van der Waals surface area (Å²) < 4.78 is 5.47. The van der Waals surface area contributed by atoms with Crippen LogP contribution in [-0.2, 0) is 11.3 Å². The third-order valence-electron chi connectivity index (χ3n) is 3.05. The van der Waals surface area contributed by atoms with Crippen molar-refractivity contribution in [3.63, 3.8) is 0 Å². The topological polar surface area (TPSA) is 77.2 Å². The van der Waals surface area contributed by atoms with Gasteiger partial charge in [-0.2, -0.15) is 0 Å². The van der Waals surface area contributed by atoms with Crippen molar-refractivity contribution in [2.24, 2.45) is 5.73 Å². The van der Waals surface area contributed by atoms with Gasteiger partial charge >= 0.3 is 0 Å². The van der Waals surface area contributed by atoms with E-state index in [1.807, 2.05) is 49.4 Å². The molecule has 2 rings (SSSR count). The number of hydrogen-bond acceptors (Lipinski definition) is 4. The van der Waals surface area contributed by atoms with E-state index in [9.17, 15) is 4.79 Å². The minimum absolute atomic E-state index is 0.414. The van der Waals surface area contributed by atoms with Gasteiger partial charge < -0.3 is 10.5 Å². The normalized spacial score (nSPS) is 11.9. The number of nitrogens with zero attached hydrogens (tertiary/aromatic N) is 1. The molecule has 1 aromatic heterocycles. The summed E-state index contributed by atoms with van der Waals surface area (Å²) in [5.41, 5.74) is 7.21. The van der Waals surface area contributed by atoms with Crippen LogP contribution >= 0.6 is 0 Å². The van der Waals surface area contributed by atoms with E-state index in [1.165, 1.54) is 0 Å². The highest BCUT2D eigenvalue weighted by Gasteiger charge is 2.17. The maximum absolute atomic E-state index is 11.6. The lowest BCUT2D eigenvalue weighted by Gasteiger charge is -2.17. The maximum Gasteiger partial charge on any atom is 0.239 e. The Hall–Kier alpha value is -2.40. The molecule has 0 saturated carbocycles. The Balaban J connectivity index is 2.11. The third kappa shape index (κ3) is 4.03. The van der Waals surface area contributed by atoms with Gasteiger partial charge in [0.15, 0.2) is 0 Å². The van der Waals surface area contributed by atoms with Crippen molar-refractivity contribution in [3.05, 3.63) is 59.8 Å². The van der Waals surface area contributed by atoms with Gasteiger partial charge in [0, 0.05) is 18.3 Å². The minimum atomic E-state index is -0.541. The van der Waals surface area contributed by atoms with Crippen molar-refractivity contribution >= 4 is 5.91 Å². The molecule has 110 valence electrons. The van der Waals surface area contributed by atoms with Gasteiger partial charge in [0.1, 0.15) is 6.04 Å². The van der Waals surface area contributed by atoms with E-state index in [1.54, 1.807) is 6.20 Å². The number of nitrogens with two attached hydrogens (primary N) is 1. The molecule has 0 bridgehead atoms. The molecule has 5 heteroatoms. The smallest absolute Gasteiger partial charge is 0.239 e. The first-order valence-electron chi connectivity index (χ1n) is 6.86. The zero-order valence-corrected chi connectivity index (χ0v) is 12.0. The van der Waals surface area contributed by atoms with Crippen molar-refractivity contribution in [2.75, 3.05) is 6.61 Å². The van der Waals surface area contributed by atoms with E-state index in [0.29, 0.717) is 19.0 Å². The van der Waals surface area contributed by atoms with E-state index in [-0.39, 0.29) is 0 Å². The van der Waals surface area contributed by atoms with Crippen molar-refractivity contribution in [3.8, 4) is 5.88 Å². The van der Waals surface area contributed by atoms with Gasteiger partial charge in [0.25, 0.3) is 0 Å². The standard InChI is InChI=1S/C16H19N3O2/c1-2-21-16-13(9-6-10-18-16)11-19-14(15(17)20)12-7-4-3-5-8-12/h3-10,14,19H,2,11H2,1H3,(H2,17,20). The predicted molar refractivity (Wildman–Crippen MR) is 80.6 cm³/mol. The van der Waals surface area contributed by atoms with Crippen molar-refractivity contribution in [1.82, 2.24) is 10.3 Å². The molecule has 0 spiro atoms. The zero-order valence-electron chi connectivity index (χ0n) is 12.0. The Labute approximate surface area is 124 Å². The largest absolute Gasteiger partial charge is 0.478 e. The number of carbonyl (C=O) groups is 1. The molecule has 1 heterocycles. The number of aromatic nitrogens is 1. The minimum Gasteiger partial charge on any atom is -0.478 e. The van der Waals surface area contributed by atoms with Gasteiger partial charge in [0.2, 0.25) is 11.8 Å². The summed E-state index contributed by atoms with van der Waals surface area (Å²) in [4.78, 5) is 15.8. The monoisotopic (exact) mass is 285 g/mol. The molecule has 0 aliphatic rings. The van der Waals surface area contributed by atoms with Crippen LogP contribution in [0.2, 0.25) is 0 Å². The van der Waals surface area contributed by atoms with Crippen molar-refractivity contribution in [2.45, 2.75) is 19.5 Å². The maximum atomic E-state index is 11.6. The fourth-order valence-electron chi connectivity index (χ4n) is 2.07. The Morgan fingerprint density at radius 1 is 1.29 bits per heavy atom. The van der Waals surface area contributed by atoms with Crippen molar-refractivity contribution < 1.29 is 9.53 Å². The fourth-order valence-corrected chi connectivity index (χ4v) is 2.07. The van der Waals surface area contributed by atoms with E-state index in [2.05, 4.69) is 10.3 Å². The molecule has 21 heavy (non-hydrogen) atoms. The average Bonchev–Trinajstić information content (AvgIpc) is 2.50. The second-order valence-corrected chi connectivity index (χ2v) is 4.53. The molecule has 1 amide bonds. The molecule has 3 N–H and O–H groups in total. The Bertz CT molecular complexity index is 587. The zero-order chi connectivity index (χ0) is 15.1. The van der Waals surface area contributed by atoms with Crippen LogP contribution in [0.4, 0.5) is 0 Å². The number of ether oxygens (including phenoxy) is 1. The molecule has 0 fully saturated rings. The second-order valence-electron chi connectivity index (χ2n) is 4.53. The van der Waals surface area contributed by atoms with Crippen LogP contribution in [0.5, 0.6) is 5.88 Å². The predicted octanol–water partition coefficient (Wildman–Crippen LogP) is 1.80. The van der Waals surface area contributed by atoms with Crippen LogP contribution in [-0.4, -0.2) is 17.5 Å². The first-order valence-corrected chi connectivity index (χ1v) is 6.86. The lowest BCUT2D eigenvalue weighted by atomic mass is 10.1. The fraction of sp³-hybridized carbons (Fsp3) is 0.250. The summed E-state index contributed by atoms with van der Waals surface area (Å²) in [7, 11) is 0. The average molecular weight is 285 g/mol. The number of rotatable bonds is 7. The second kappa shape index (κ2) is 7.40. The van der Waals surface area contributed by atoms with Gasteiger partial charge in [-0.15, -0.1) is 0 Å². The van der Waals surface area contributed by atoms with E-state index < -0.39 is 11.9 Å². The van der Waals surface area contributed by atoms with Crippen LogP contribution < -0.4 is 15.8 Å². The molecule has 0 radical (unpaired) electrons. The number of hydrogen-bond donors (Lipinski definition) is 2. The number of pyridine rings is 1. The van der Waals surface area contributed by atoms with E-state index in [4.69, 9.17) is 10.5 Å². The van der Waals surface area contributed by atoms with Gasteiger partial charge in [-0.3, -0.25) is 10.1 Å². The molecule has 0 saturated heterocycles. The van der Waals surface area contributed by atoms with Crippen molar-refractivity contribution in [1.29, 1.82) is 0 Å². The highest BCUT2D eigenvalue weighted by atomic mass is 16.5. The van der Waals surface area contributed by atoms with Crippen LogP contribution in [0, 0.1) is 0 Å². The Morgan fingerprint density at radius 2 is 2.05 bits per heavy atom. The van der Waals surface area contributed by atoms with E-state index in [0.717, 1.165) is 11.1 Å². The van der Waals surface area contributed by atoms with Gasteiger partial charge in [-0.25, -0.2) is 4.98 Å². The van der Waals surface area contributed by atoms with Gasteiger partial charge in [-0.1, -0.05) is 36.4 Å². The summed E-state index contributed by atoms with van der Waals surface area (Å²) in [6, 6.07) is 12.6. The number of amides is 1. The summed E-state index contributed by atoms with van der Waals surface area (Å²) in [6.07, 6.45) is 1.68. The first-order chi connectivity index (χ1) is 10.2. The number of benzene rings is 1. The molecular weight excluding hydrogens is 266 g/mol. The van der Waals surface area contributed by atoms with Gasteiger partial charge in [0.05, 0.1) is 6.61 Å². The third-order valence-corrected chi connectivity index (χ3v) is 3.05. The molecule has 0 aliphatic carbocycles. The first kappa shape index (κ1) is 15.0. The summed E-state index contributed by atoms with van der Waals surface area (Å²) in [6.45, 7) is 2.90. The van der Waals surface area contributed by atoms with Crippen LogP contribution in [0.15, 0.2) is 48.7 Å². The molecule has 1 aromatic carbocycles. The molecule has 5 nitrogen and oxygen atoms in total. The summed E-state index contributed by atoms with van der Waals surface area (Å²) in [5, 5.41) is 3.16. The molecule has 2 aromatic rings. The molecule has 1 unspecified atom stereocenters.